The van der Waals surface area contributed by atoms with Crippen LogP contribution in [0.1, 0.15) is 0 Å². The number of aromatic amines is 1. The number of nitrogens with one attached hydrogen (secondary N) is 1. The Balaban J connectivity index is 1.92. The van der Waals surface area contributed by atoms with Crippen LogP contribution in [-0.4, -0.2) is 9.97 Å². The van der Waals surface area contributed by atoms with Crippen LogP contribution < -0.4 is 5.56 Å². The third-order valence-corrected chi connectivity index (χ3v) is 5.18. The van der Waals surface area contributed by atoms with Crippen molar-refractivity contribution in [2.24, 2.45) is 0 Å². The molecule has 2 aromatic carbocycles. The van der Waals surface area contributed by atoms with Crippen LogP contribution in [0.15, 0.2) is 58.7 Å². The predicted octanol–water partition coefficient (Wildman–Crippen LogP) is 5.63. The van der Waals surface area contributed by atoms with E-state index in [1.54, 1.807) is 18.2 Å². The Morgan fingerprint density at radius 1 is 0.958 bits per heavy atom. The lowest BCUT2D eigenvalue weighted by Gasteiger charge is -2.04. The first-order valence-corrected chi connectivity index (χ1v) is 8.79. The number of fused-ring (bicyclic) bond motifs is 1. The van der Waals surface area contributed by atoms with Gasteiger partial charge in [-0.3, -0.25) is 4.79 Å². The molecule has 0 bridgehead atoms. The van der Waals surface area contributed by atoms with Gasteiger partial charge in [0.05, 0.1) is 10.4 Å². The van der Waals surface area contributed by atoms with Gasteiger partial charge in [-0.1, -0.05) is 47.5 Å². The number of benzene rings is 2. The van der Waals surface area contributed by atoms with E-state index in [-0.39, 0.29) is 5.56 Å². The zero-order valence-corrected chi connectivity index (χ0v) is 14.5. The number of halogens is 2. The minimum absolute atomic E-state index is 0.180. The lowest BCUT2D eigenvalue weighted by molar-refractivity contribution is 1.19. The molecule has 0 spiro atoms. The van der Waals surface area contributed by atoms with Crippen LogP contribution in [-0.2, 0) is 0 Å². The van der Waals surface area contributed by atoms with Crippen LogP contribution in [0.5, 0.6) is 0 Å². The quantitative estimate of drug-likeness (QED) is 0.495. The molecule has 0 saturated carbocycles. The maximum Gasteiger partial charge on any atom is 0.260 e. The van der Waals surface area contributed by atoms with E-state index in [0.717, 1.165) is 11.1 Å². The van der Waals surface area contributed by atoms with E-state index in [1.807, 2.05) is 35.7 Å². The molecule has 6 heteroatoms. The zero-order valence-electron chi connectivity index (χ0n) is 12.2. The monoisotopic (exact) mass is 372 g/mol. The smallest absolute Gasteiger partial charge is 0.260 e. The summed E-state index contributed by atoms with van der Waals surface area (Å²) in [5, 5.41) is 3.73. The number of hydrogen-bond donors (Lipinski definition) is 1. The molecular weight excluding hydrogens is 363 g/mol. The van der Waals surface area contributed by atoms with Crippen molar-refractivity contribution < 1.29 is 0 Å². The van der Waals surface area contributed by atoms with Gasteiger partial charge < -0.3 is 4.98 Å². The fraction of sp³-hybridized carbons (Fsp3) is 0. The lowest BCUT2D eigenvalue weighted by Crippen LogP contribution is -2.09. The average molecular weight is 373 g/mol. The second kappa shape index (κ2) is 6.06. The van der Waals surface area contributed by atoms with Gasteiger partial charge in [0.15, 0.2) is 0 Å². The molecule has 0 aliphatic heterocycles. The Morgan fingerprint density at radius 3 is 2.46 bits per heavy atom. The Labute approximate surface area is 151 Å². The van der Waals surface area contributed by atoms with Crippen molar-refractivity contribution in [1.29, 1.82) is 0 Å². The minimum atomic E-state index is -0.180. The molecule has 0 atom stereocenters. The van der Waals surface area contributed by atoms with Gasteiger partial charge in [0.1, 0.15) is 10.7 Å². The van der Waals surface area contributed by atoms with Gasteiger partial charge in [-0.25, -0.2) is 4.98 Å². The molecule has 0 aliphatic carbocycles. The van der Waals surface area contributed by atoms with Crippen molar-refractivity contribution >= 4 is 44.8 Å². The number of nitrogens with zero attached hydrogens (tertiary/aromatic N) is 1. The standard InChI is InChI=1S/C18H10Cl2N2OS/c19-11-7-5-10(6-8-11)13-9-24-18-15(13)17(23)21-16(22-18)12-3-1-2-4-14(12)20/h1-9H,(H,21,22,23). The van der Waals surface area contributed by atoms with Gasteiger partial charge in [-0.2, -0.15) is 0 Å². The van der Waals surface area contributed by atoms with Crippen molar-refractivity contribution in [3.05, 3.63) is 74.3 Å². The molecule has 0 unspecified atom stereocenters. The molecular formula is C18H10Cl2N2OS. The van der Waals surface area contributed by atoms with E-state index >= 15 is 0 Å². The first kappa shape index (κ1) is 15.4. The molecule has 0 aliphatic rings. The molecule has 2 heterocycles. The normalized spacial score (nSPS) is 11.1. The fourth-order valence-corrected chi connectivity index (χ4v) is 3.87. The Morgan fingerprint density at radius 2 is 1.71 bits per heavy atom. The largest absolute Gasteiger partial charge is 0.306 e. The Hall–Kier alpha value is -2.14. The third-order valence-electron chi connectivity index (χ3n) is 3.73. The molecule has 4 aromatic rings. The summed E-state index contributed by atoms with van der Waals surface area (Å²) < 4.78 is 0. The van der Waals surface area contributed by atoms with Crippen molar-refractivity contribution in [2.45, 2.75) is 0 Å². The maximum atomic E-state index is 12.6. The number of thiophene rings is 1. The second-order valence-corrected chi connectivity index (χ2v) is 6.93. The van der Waals surface area contributed by atoms with E-state index in [0.29, 0.717) is 31.6 Å². The number of aromatic nitrogens is 2. The highest BCUT2D eigenvalue weighted by molar-refractivity contribution is 7.17. The summed E-state index contributed by atoms with van der Waals surface area (Å²) in [6.07, 6.45) is 0. The van der Waals surface area contributed by atoms with Crippen LogP contribution in [0, 0.1) is 0 Å². The minimum Gasteiger partial charge on any atom is -0.306 e. The summed E-state index contributed by atoms with van der Waals surface area (Å²) in [5.74, 6) is 0.475. The number of hydrogen-bond acceptors (Lipinski definition) is 3. The van der Waals surface area contributed by atoms with Crippen LogP contribution in [0.3, 0.4) is 0 Å². The van der Waals surface area contributed by atoms with Gasteiger partial charge in [-0.15, -0.1) is 11.3 Å². The van der Waals surface area contributed by atoms with Gasteiger partial charge in [0.25, 0.3) is 5.56 Å². The van der Waals surface area contributed by atoms with Crippen LogP contribution in [0.2, 0.25) is 10.0 Å². The highest BCUT2D eigenvalue weighted by Gasteiger charge is 2.14. The van der Waals surface area contributed by atoms with Gasteiger partial charge in [0, 0.05) is 21.5 Å². The molecule has 118 valence electrons. The lowest BCUT2D eigenvalue weighted by atomic mass is 10.1. The van der Waals surface area contributed by atoms with E-state index in [2.05, 4.69) is 9.97 Å². The Kier molecular flexibility index (Phi) is 3.88. The molecule has 0 saturated heterocycles. The summed E-state index contributed by atoms with van der Waals surface area (Å²) in [7, 11) is 0. The molecule has 1 N–H and O–H groups in total. The van der Waals surface area contributed by atoms with Crippen LogP contribution >= 0.6 is 34.5 Å². The Bertz CT molecular complexity index is 1100. The van der Waals surface area contributed by atoms with Crippen molar-refractivity contribution in [3.8, 4) is 22.5 Å². The average Bonchev–Trinajstić information content (AvgIpc) is 3.00. The predicted molar refractivity (Wildman–Crippen MR) is 101 cm³/mol. The van der Waals surface area contributed by atoms with Gasteiger partial charge in [0.2, 0.25) is 0 Å². The molecule has 24 heavy (non-hydrogen) atoms. The molecule has 2 aromatic heterocycles. The van der Waals surface area contributed by atoms with Crippen molar-refractivity contribution in [1.82, 2.24) is 9.97 Å². The highest BCUT2D eigenvalue weighted by atomic mass is 35.5. The van der Waals surface area contributed by atoms with Gasteiger partial charge >= 0.3 is 0 Å². The first-order valence-electron chi connectivity index (χ1n) is 7.16. The summed E-state index contributed by atoms with van der Waals surface area (Å²) >= 11 is 13.6. The summed E-state index contributed by atoms with van der Waals surface area (Å²) in [5.41, 5.74) is 2.32. The van der Waals surface area contributed by atoms with E-state index in [1.165, 1.54) is 11.3 Å². The molecule has 3 nitrogen and oxygen atoms in total. The number of rotatable bonds is 2. The highest BCUT2D eigenvalue weighted by Crippen LogP contribution is 2.33. The SMILES string of the molecule is O=c1[nH]c(-c2ccccc2Cl)nc2scc(-c3ccc(Cl)cc3)c12. The summed E-state index contributed by atoms with van der Waals surface area (Å²) in [4.78, 5) is 20.8. The number of H-pyrrole nitrogens is 1. The third kappa shape index (κ3) is 2.63. The van der Waals surface area contributed by atoms with Crippen LogP contribution in [0.25, 0.3) is 32.7 Å². The molecule has 4 rings (SSSR count). The van der Waals surface area contributed by atoms with Crippen molar-refractivity contribution in [3.63, 3.8) is 0 Å². The summed E-state index contributed by atoms with van der Waals surface area (Å²) in [6, 6.07) is 14.7. The molecule has 0 fully saturated rings. The molecule has 0 radical (unpaired) electrons. The van der Waals surface area contributed by atoms with E-state index in [4.69, 9.17) is 23.2 Å². The maximum absolute atomic E-state index is 12.6. The second-order valence-electron chi connectivity index (χ2n) is 5.23. The van der Waals surface area contributed by atoms with E-state index < -0.39 is 0 Å². The topological polar surface area (TPSA) is 45.8 Å². The van der Waals surface area contributed by atoms with Crippen LogP contribution in [0.4, 0.5) is 0 Å². The zero-order chi connectivity index (χ0) is 16.7. The van der Waals surface area contributed by atoms with E-state index in [9.17, 15) is 4.79 Å². The fourth-order valence-electron chi connectivity index (χ4n) is 2.57. The summed E-state index contributed by atoms with van der Waals surface area (Å²) in [6.45, 7) is 0. The van der Waals surface area contributed by atoms with Crippen molar-refractivity contribution in [2.75, 3.05) is 0 Å². The molecule has 0 amide bonds. The van der Waals surface area contributed by atoms with Gasteiger partial charge in [-0.05, 0) is 29.8 Å². The first-order chi connectivity index (χ1) is 11.6.